The van der Waals surface area contributed by atoms with E-state index in [4.69, 9.17) is 4.55 Å². The molecule has 0 aliphatic rings. The van der Waals surface area contributed by atoms with Crippen LogP contribution >= 0.6 is 0 Å². The molecule has 0 bridgehead atoms. The van der Waals surface area contributed by atoms with Gasteiger partial charge in [-0.2, -0.15) is 8.42 Å². The molecule has 0 fully saturated rings. The molecule has 0 radical (unpaired) electrons. The van der Waals surface area contributed by atoms with E-state index in [-0.39, 0.29) is 0 Å². The fourth-order valence-electron chi connectivity index (χ4n) is 0.170. The predicted octanol–water partition coefficient (Wildman–Crippen LogP) is -0.443. The lowest BCUT2D eigenvalue weighted by Crippen LogP contribution is -2.17. The van der Waals surface area contributed by atoms with Gasteiger partial charge >= 0.3 is 21.4 Å². The topological polar surface area (TPSA) is 97.7 Å². The number of carbonyl (C=O) groups excluding carboxylic acids is 2. The van der Waals surface area contributed by atoms with Crippen LogP contribution in [-0.4, -0.2) is 24.2 Å². The Morgan fingerprint density at radius 1 is 1.40 bits per heavy atom. The normalized spacial score (nSPS) is 10.6. The van der Waals surface area contributed by atoms with Crippen molar-refractivity contribution in [3.8, 4) is 0 Å². The van der Waals surface area contributed by atoms with Crippen LogP contribution in [0.25, 0.3) is 0 Å². The van der Waals surface area contributed by atoms with Crippen molar-refractivity contribution in [1.82, 2.24) is 0 Å². The smallest absolute Gasteiger partial charge is 0.380 e. The quantitative estimate of drug-likeness (QED) is 0.299. The number of esters is 1. The van der Waals surface area contributed by atoms with Crippen molar-refractivity contribution in [1.29, 1.82) is 0 Å². The molecule has 0 rings (SSSR count). The first-order chi connectivity index (χ1) is 4.34. The molecule has 0 heterocycles. The highest BCUT2D eigenvalue weighted by Gasteiger charge is 2.21. The Hall–Kier alpha value is -0.950. The van der Waals surface area contributed by atoms with Crippen LogP contribution in [-0.2, 0) is 19.6 Å². The van der Waals surface area contributed by atoms with E-state index < -0.39 is 21.4 Å². The second kappa shape index (κ2) is 2.76. The third-order valence-corrected chi connectivity index (χ3v) is 0.942. The lowest BCUT2D eigenvalue weighted by atomic mass is 10.8. The summed E-state index contributed by atoms with van der Waals surface area (Å²) in [7, 11) is -4.88. The van der Waals surface area contributed by atoms with Crippen molar-refractivity contribution in [2.45, 2.75) is 6.92 Å². The number of hydrogen-bond donors (Lipinski definition) is 1. The molecule has 0 aromatic rings. The summed E-state index contributed by atoms with van der Waals surface area (Å²) in [6.45, 7) is 0.836. The lowest BCUT2D eigenvalue weighted by molar-refractivity contribution is -0.134. The zero-order chi connectivity index (χ0) is 8.36. The van der Waals surface area contributed by atoms with Crippen molar-refractivity contribution >= 4 is 21.4 Å². The van der Waals surface area contributed by atoms with Crippen molar-refractivity contribution in [2.75, 3.05) is 0 Å². The Labute approximate surface area is 56.5 Å². The monoisotopic (exact) mass is 168 g/mol. The Morgan fingerprint density at radius 2 is 1.80 bits per heavy atom. The lowest BCUT2D eigenvalue weighted by Gasteiger charge is -1.92. The van der Waals surface area contributed by atoms with Crippen LogP contribution in [0.5, 0.6) is 0 Å². The van der Waals surface area contributed by atoms with E-state index in [1.165, 1.54) is 0 Å². The maximum Gasteiger partial charge on any atom is 0.459 e. The molecule has 0 aliphatic heterocycles. The number of carbonyl (C=O) groups is 2. The van der Waals surface area contributed by atoms with E-state index in [1.54, 1.807) is 0 Å². The largest absolute Gasteiger partial charge is 0.459 e. The van der Waals surface area contributed by atoms with Crippen molar-refractivity contribution in [3.63, 3.8) is 0 Å². The van der Waals surface area contributed by atoms with Crippen LogP contribution in [0.3, 0.4) is 0 Å². The van der Waals surface area contributed by atoms with E-state index in [9.17, 15) is 18.0 Å². The highest BCUT2D eigenvalue weighted by molar-refractivity contribution is 8.00. The predicted molar refractivity (Wildman–Crippen MR) is 28.7 cm³/mol. The second-order valence-electron chi connectivity index (χ2n) is 1.32. The number of hydrogen-bond acceptors (Lipinski definition) is 5. The SMILES string of the molecule is CC(=O)OC(=O)S(=O)(=O)O. The standard InChI is InChI=1S/C3H4O6S/c1-2(4)9-3(5)10(6,7)8/h1H3,(H,6,7,8). The van der Waals surface area contributed by atoms with Crippen LogP contribution in [0, 0.1) is 0 Å². The molecule has 0 unspecified atom stereocenters. The van der Waals surface area contributed by atoms with Crippen molar-refractivity contribution in [2.24, 2.45) is 0 Å². The first kappa shape index (κ1) is 9.05. The first-order valence-corrected chi connectivity index (χ1v) is 3.48. The van der Waals surface area contributed by atoms with Crippen LogP contribution in [0.4, 0.5) is 4.79 Å². The van der Waals surface area contributed by atoms with Gasteiger partial charge in [-0.05, 0) is 0 Å². The molecule has 0 aliphatic carbocycles. The second-order valence-corrected chi connectivity index (χ2v) is 2.60. The minimum Gasteiger partial charge on any atom is -0.380 e. The van der Waals surface area contributed by atoms with Crippen LogP contribution in [0.2, 0.25) is 0 Å². The van der Waals surface area contributed by atoms with Gasteiger partial charge in [-0.1, -0.05) is 0 Å². The Bertz CT molecular complexity index is 248. The highest BCUT2D eigenvalue weighted by Crippen LogP contribution is 1.90. The highest BCUT2D eigenvalue weighted by atomic mass is 32.2. The molecular weight excluding hydrogens is 164 g/mol. The molecule has 0 spiro atoms. The molecule has 58 valence electrons. The molecule has 0 aromatic carbocycles. The maximum atomic E-state index is 9.99. The summed E-state index contributed by atoms with van der Waals surface area (Å²) in [6.07, 6.45) is 0. The van der Waals surface area contributed by atoms with Gasteiger partial charge < -0.3 is 4.74 Å². The molecule has 0 atom stereocenters. The summed E-state index contributed by atoms with van der Waals surface area (Å²) in [5, 5.41) is -1.96. The minimum atomic E-state index is -4.88. The van der Waals surface area contributed by atoms with Gasteiger partial charge in [0.1, 0.15) is 0 Å². The van der Waals surface area contributed by atoms with Gasteiger partial charge in [-0.15, -0.1) is 0 Å². The zero-order valence-electron chi connectivity index (χ0n) is 4.90. The summed E-state index contributed by atoms with van der Waals surface area (Å²) < 4.78 is 31.0. The van der Waals surface area contributed by atoms with Gasteiger partial charge in [0.25, 0.3) is 0 Å². The van der Waals surface area contributed by atoms with Gasteiger partial charge in [0.05, 0.1) is 0 Å². The maximum absolute atomic E-state index is 9.99. The van der Waals surface area contributed by atoms with E-state index in [1.807, 2.05) is 0 Å². The minimum absolute atomic E-state index is 0.836. The van der Waals surface area contributed by atoms with Gasteiger partial charge in [0.2, 0.25) is 0 Å². The van der Waals surface area contributed by atoms with E-state index >= 15 is 0 Å². The van der Waals surface area contributed by atoms with Crippen LogP contribution in [0.1, 0.15) is 6.92 Å². The third-order valence-electron chi connectivity index (χ3n) is 0.438. The molecule has 10 heavy (non-hydrogen) atoms. The summed E-state index contributed by atoms with van der Waals surface area (Å²) in [5.74, 6) is -1.09. The van der Waals surface area contributed by atoms with Crippen LogP contribution < -0.4 is 0 Å². The zero-order valence-corrected chi connectivity index (χ0v) is 5.71. The summed E-state index contributed by atoms with van der Waals surface area (Å²) >= 11 is 0. The molecule has 1 N–H and O–H groups in total. The van der Waals surface area contributed by atoms with Gasteiger partial charge in [-0.25, -0.2) is 4.79 Å². The number of rotatable bonds is 0. The molecule has 0 saturated carbocycles. The van der Waals surface area contributed by atoms with E-state index in [0.717, 1.165) is 6.92 Å². The molecule has 0 amide bonds. The van der Waals surface area contributed by atoms with Crippen molar-refractivity contribution in [3.05, 3.63) is 0 Å². The first-order valence-electron chi connectivity index (χ1n) is 2.04. The summed E-state index contributed by atoms with van der Waals surface area (Å²) in [4.78, 5) is 19.9. The average molecular weight is 168 g/mol. The molecule has 7 heteroatoms. The number of ether oxygens (including phenoxy) is 1. The Morgan fingerprint density at radius 3 is 1.90 bits per heavy atom. The molecule has 6 nitrogen and oxygen atoms in total. The summed E-state index contributed by atoms with van der Waals surface area (Å²) in [6, 6.07) is 0. The Kier molecular flexibility index (Phi) is 2.49. The van der Waals surface area contributed by atoms with Gasteiger partial charge in [0.15, 0.2) is 0 Å². The van der Waals surface area contributed by atoms with Gasteiger partial charge in [-0.3, -0.25) is 9.35 Å². The average Bonchev–Trinajstić information content (AvgIpc) is 1.60. The fraction of sp³-hybridized carbons (Fsp3) is 0.333. The van der Waals surface area contributed by atoms with Crippen molar-refractivity contribution < 1.29 is 27.3 Å². The Balaban J connectivity index is 4.28. The molecule has 0 aromatic heterocycles. The fourth-order valence-corrected chi connectivity index (χ4v) is 0.393. The third kappa shape index (κ3) is 3.15. The van der Waals surface area contributed by atoms with E-state index in [0.29, 0.717) is 0 Å². The molecular formula is C3H4O6S. The van der Waals surface area contributed by atoms with E-state index in [2.05, 4.69) is 4.74 Å². The van der Waals surface area contributed by atoms with Crippen LogP contribution in [0.15, 0.2) is 0 Å². The molecule has 0 saturated heterocycles. The summed E-state index contributed by atoms with van der Waals surface area (Å²) in [5.41, 5.74) is 0. The van der Waals surface area contributed by atoms with Gasteiger partial charge in [0, 0.05) is 6.92 Å².